The van der Waals surface area contributed by atoms with Crippen LogP contribution in [0, 0.1) is 12.8 Å². The molecular weight excluding hydrogens is 242 g/mol. The Morgan fingerprint density at radius 1 is 1.39 bits per heavy atom. The zero-order valence-electron chi connectivity index (χ0n) is 11.9. The fourth-order valence-corrected chi connectivity index (χ4v) is 3.08. The first-order valence-corrected chi connectivity index (χ1v) is 7.73. The Labute approximate surface area is 115 Å². The highest BCUT2D eigenvalue weighted by Gasteiger charge is 2.16. The van der Waals surface area contributed by atoms with Crippen molar-refractivity contribution in [2.24, 2.45) is 5.92 Å². The van der Waals surface area contributed by atoms with Crippen LogP contribution in [0.3, 0.4) is 0 Å². The number of rotatable bonds is 7. The summed E-state index contributed by atoms with van der Waals surface area (Å²) in [6.45, 7) is 9.67. The van der Waals surface area contributed by atoms with Crippen LogP contribution in [-0.2, 0) is 0 Å². The summed E-state index contributed by atoms with van der Waals surface area (Å²) < 4.78 is 0. The summed E-state index contributed by atoms with van der Waals surface area (Å²) >= 11 is 1.98. The lowest BCUT2D eigenvalue weighted by Gasteiger charge is -2.21. The van der Waals surface area contributed by atoms with E-state index in [0.29, 0.717) is 11.9 Å². The van der Waals surface area contributed by atoms with E-state index in [9.17, 15) is 0 Å². The molecule has 0 fully saturated rings. The summed E-state index contributed by atoms with van der Waals surface area (Å²) in [7, 11) is 0. The normalized spacial score (nSPS) is 12.9. The lowest BCUT2D eigenvalue weighted by molar-refractivity contribution is 0.602. The maximum atomic E-state index is 6.02. The van der Waals surface area contributed by atoms with Crippen molar-refractivity contribution in [2.75, 3.05) is 23.8 Å². The van der Waals surface area contributed by atoms with E-state index in [4.69, 9.17) is 5.73 Å². The third-order valence-corrected chi connectivity index (χ3v) is 4.25. The average Bonchev–Trinajstić information content (AvgIpc) is 2.28. The predicted octanol–water partition coefficient (Wildman–Crippen LogP) is 3.01. The number of anilines is 1. The number of nitrogens with one attached hydrogen (secondary N) is 1. The van der Waals surface area contributed by atoms with Gasteiger partial charge in [0, 0.05) is 23.6 Å². The maximum Gasteiger partial charge on any atom is 0.128 e. The molecule has 0 radical (unpaired) electrons. The summed E-state index contributed by atoms with van der Waals surface area (Å²) in [4.78, 5) is 4.21. The van der Waals surface area contributed by atoms with Crippen LogP contribution in [0.5, 0.6) is 0 Å². The van der Waals surface area contributed by atoms with Gasteiger partial charge >= 0.3 is 0 Å². The van der Waals surface area contributed by atoms with Crippen molar-refractivity contribution in [3.63, 3.8) is 0 Å². The van der Waals surface area contributed by atoms with Crippen molar-refractivity contribution in [3.8, 4) is 0 Å². The molecule has 4 heteroatoms. The Morgan fingerprint density at radius 2 is 2.11 bits per heavy atom. The smallest absolute Gasteiger partial charge is 0.128 e. The maximum absolute atomic E-state index is 6.02. The monoisotopic (exact) mass is 267 g/mol. The Hall–Kier alpha value is -0.740. The molecule has 0 amide bonds. The first kappa shape index (κ1) is 15.3. The number of aryl methyl sites for hydroxylation is 1. The number of pyridine rings is 1. The Balaban J connectivity index is 2.77. The Bertz CT molecular complexity index is 346. The van der Waals surface area contributed by atoms with Crippen molar-refractivity contribution >= 4 is 17.6 Å². The van der Waals surface area contributed by atoms with E-state index in [1.165, 1.54) is 11.3 Å². The first-order valence-electron chi connectivity index (χ1n) is 6.58. The lowest BCUT2D eigenvalue weighted by atomic mass is 10.0. The van der Waals surface area contributed by atoms with E-state index in [1.807, 2.05) is 17.8 Å². The zero-order valence-corrected chi connectivity index (χ0v) is 12.7. The van der Waals surface area contributed by atoms with Gasteiger partial charge in [-0.3, -0.25) is 0 Å². The molecule has 0 aliphatic carbocycles. The molecule has 0 saturated heterocycles. The molecule has 0 aliphatic rings. The minimum atomic E-state index is 0.299. The lowest BCUT2D eigenvalue weighted by Crippen LogP contribution is -2.25. The predicted molar refractivity (Wildman–Crippen MR) is 82.0 cm³/mol. The molecule has 18 heavy (non-hydrogen) atoms. The molecule has 0 spiro atoms. The molecule has 1 unspecified atom stereocenters. The van der Waals surface area contributed by atoms with Crippen LogP contribution >= 0.6 is 11.8 Å². The van der Waals surface area contributed by atoms with E-state index in [1.54, 1.807) is 6.20 Å². The number of hydrogen-bond donors (Lipinski definition) is 2. The van der Waals surface area contributed by atoms with E-state index in [0.717, 1.165) is 23.8 Å². The summed E-state index contributed by atoms with van der Waals surface area (Å²) in [6.07, 6.45) is 1.78. The molecule has 1 rings (SSSR count). The van der Waals surface area contributed by atoms with Crippen LogP contribution in [0.15, 0.2) is 12.3 Å². The van der Waals surface area contributed by atoms with Crippen molar-refractivity contribution in [1.82, 2.24) is 10.3 Å². The second-order valence-electron chi connectivity index (χ2n) is 4.97. The highest BCUT2D eigenvalue weighted by Crippen LogP contribution is 2.26. The van der Waals surface area contributed by atoms with Gasteiger partial charge in [0.1, 0.15) is 5.82 Å². The van der Waals surface area contributed by atoms with Gasteiger partial charge in [0.2, 0.25) is 0 Å². The van der Waals surface area contributed by atoms with Gasteiger partial charge in [0.15, 0.2) is 0 Å². The third-order valence-electron chi connectivity index (χ3n) is 2.77. The molecule has 1 atom stereocenters. The standard InChI is InChI=1S/C14H25N3S/c1-5-16-12(9-18-8-10(2)3)13-11(4)6-7-17-14(13)15/h6-7,10,12,16H,5,8-9H2,1-4H3,(H2,15,17). The first-order chi connectivity index (χ1) is 8.56. The van der Waals surface area contributed by atoms with Crippen LogP contribution in [0.2, 0.25) is 0 Å². The largest absolute Gasteiger partial charge is 0.383 e. The topological polar surface area (TPSA) is 50.9 Å². The van der Waals surface area contributed by atoms with Gasteiger partial charge in [-0.05, 0) is 36.8 Å². The average molecular weight is 267 g/mol. The van der Waals surface area contributed by atoms with Crippen LogP contribution in [0.4, 0.5) is 5.82 Å². The second-order valence-corrected chi connectivity index (χ2v) is 6.04. The van der Waals surface area contributed by atoms with E-state index < -0.39 is 0 Å². The molecule has 1 aromatic rings. The van der Waals surface area contributed by atoms with Gasteiger partial charge in [0.05, 0.1) is 0 Å². The highest BCUT2D eigenvalue weighted by atomic mass is 32.2. The molecule has 3 N–H and O–H groups in total. The summed E-state index contributed by atoms with van der Waals surface area (Å²) in [5, 5.41) is 3.51. The molecule has 102 valence electrons. The van der Waals surface area contributed by atoms with E-state index >= 15 is 0 Å². The number of nitrogens with zero attached hydrogens (tertiary/aromatic N) is 1. The molecule has 0 saturated carbocycles. The number of nitrogens with two attached hydrogens (primary N) is 1. The van der Waals surface area contributed by atoms with E-state index in [2.05, 4.69) is 38.0 Å². The quantitative estimate of drug-likeness (QED) is 0.797. The molecule has 3 nitrogen and oxygen atoms in total. The van der Waals surface area contributed by atoms with Crippen molar-refractivity contribution < 1.29 is 0 Å². The SMILES string of the molecule is CCNC(CSCC(C)C)c1c(C)ccnc1N. The number of nitrogen functional groups attached to an aromatic ring is 1. The zero-order chi connectivity index (χ0) is 13.5. The number of aromatic nitrogens is 1. The van der Waals surface area contributed by atoms with Crippen molar-refractivity contribution in [2.45, 2.75) is 33.7 Å². The molecular formula is C14H25N3S. The van der Waals surface area contributed by atoms with E-state index in [-0.39, 0.29) is 0 Å². The van der Waals surface area contributed by atoms with Gasteiger partial charge in [-0.25, -0.2) is 4.98 Å². The molecule has 0 aromatic carbocycles. The highest BCUT2D eigenvalue weighted by molar-refractivity contribution is 7.99. The molecule has 0 aliphatic heterocycles. The third kappa shape index (κ3) is 4.50. The Kier molecular flexibility index (Phi) is 6.50. The molecule has 1 aromatic heterocycles. The van der Waals surface area contributed by atoms with Crippen LogP contribution < -0.4 is 11.1 Å². The summed E-state index contributed by atoms with van der Waals surface area (Å²) in [5.74, 6) is 3.61. The minimum Gasteiger partial charge on any atom is -0.383 e. The van der Waals surface area contributed by atoms with Crippen LogP contribution in [-0.4, -0.2) is 23.0 Å². The summed E-state index contributed by atoms with van der Waals surface area (Å²) in [6, 6.07) is 2.33. The van der Waals surface area contributed by atoms with Gasteiger partial charge in [-0.15, -0.1) is 0 Å². The van der Waals surface area contributed by atoms with Gasteiger partial charge in [0.25, 0.3) is 0 Å². The van der Waals surface area contributed by atoms with Crippen LogP contribution in [0.25, 0.3) is 0 Å². The van der Waals surface area contributed by atoms with Crippen molar-refractivity contribution in [1.29, 1.82) is 0 Å². The summed E-state index contributed by atoms with van der Waals surface area (Å²) in [5.41, 5.74) is 8.41. The fourth-order valence-electron chi connectivity index (χ4n) is 1.96. The molecule has 0 bridgehead atoms. The number of hydrogen-bond acceptors (Lipinski definition) is 4. The minimum absolute atomic E-state index is 0.299. The van der Waals surface area contributed by atoms with Gasteiger partial charge < -0.3 is 11.1 Å². The van der Waals surface area contributed by atoms with Gasteiger partial charge in [-0.2, -0.15) is 11.8 Å². The Morgan fingerprint density at radius 3 is 2.67 bits per heavy atom. The van der Waals surface area contributed by atoms with Gasteiger partial charge in [-0.1, -0.05) is 20.8 Å². The molecule has 1 heterocycles. The number of thioether (sulfide) groups is 1. The van der Waals surface area contributed by atoms with Crippen LogP contribution in [0.1, 0.15) is 37.9 Å². The fraction of sp³-hybridized carbons (Fsp3) is 0.643. The second kappa shape index (κ2) is 7.64. The van der Waals surface area contributed by atoms with Crippen molar-refractivity contribution in [3.05, 3.63) is 23.4 Å².